The SMILES string of the molecule is C[C@H](O)C(O)/C=C/C=C\C(=O)O[C@@H]1C[C@H]2O[C@@H]3C=C(CO)CC[C@@]3(C)[C@]1(C)[C@]21CO1. The maximum absolute atomic E-state index is 12.5. The van der Waals surface area contributed by atoms with E-state index in [1.54, 1.807) is 0 Å². The van der Waals surface area contributed by atoms with Crippen LogP contribution in [0.5, 0.6) is 0 Å². The van der Waals surface area contributed by atoms with Crippen molar-refractivity contribution in [3.05, 3.63) is 36.0 Å². The summed E-state index contributed by atoms with van der Waals surface area (Å²) in [4.78, 5) is 12.5. The van der Waals surface area contributed by atoms with Gasteiger partial charge in [-0.3, -0.25) is 0 Å². The van der Waals surface area contributed by atoms with Crippen molar-refractivity contribution < 1.29 is 34.3 Å². The molecule has 8 atom stereocenters. The summed E-state index contributed by atoms with van der Waals surface area (Å²) in [6, 6.07) is 0. The highest BCUT2D eigenvalue weighted by Crippen LogP contribution is 2.71. The third-order valence-electron chi connectivity index (χ3n) is 8.01. The molecule has 166 valence electrons. The summed E-state index contributed by atoms with van der Waals surface area (Å²) in [5.41, 5.74) is -0.0904. The van der Waals surface area contributed by atoms with Crippen molar-refractivity contribution in [2.75, 3.05) is 13.2 Å². The number of carbonyl (C=O) groups is 1. The van der Waals surface area contributed by atoms with Crippen LogP contribution in [0.1, 0.15) is 40.0 Å². The predicted molar refractivity (Wildman–Crippen MR) is 108 cm³/mol. The van der Waals surface area contributed by atoms with E-state index in [4.69, 9.17) is 14.2 Å². The minimum Gasteiger partial charge on any atom is -0.458 e. The zero-order valence-corrected chi connectivity index (χ0v) is 17.8. The smallest absolute Gasteiger partial charge is 0.331 e. The molecule has 4 aliphatic rings. The molecule has 30 heavy (non-hydrogen) atoms. The molecule has 3 fully saturated rings. The van der Waals surface area contributed by atoms with Gasteiger partial charge < -0.3 is 29.5 Å². The van der Waals surface area contributed by atoms with Crippen molar-refractivity contribution >= 4 is 5.97 Å². The fourth-order valence-electron chi connectivity index (χ4n) is 5.72. The first-order valence-corrected chi connectivity index (χ1v) is 10.7. The van der Waals surface area contributed by atoms with Gasteiger partial charge in [-0.15, -0.1) is 0 Å². The molecule has 2 bridgehead atoms. The molecule has 7 heteroatoms. The number of hydrogen-bond acceptors (Lipinski definition) is 7. The van der Waals surface area contributed by atoms with Crippen LogP contribution in [0.25, 0.3) is 0 Å². The fourth-order valence-corrected chi connectivity index (χ4v) is 5.72. The van der Waals surface area contributed by atoms with Crippen LogP contribution in [0.4, 0.5) is 0 Å². The maximum atomic E-state index is 12.5. The summed E-state index contributed by atoms with van der Waals surface area (Å²) in [7, 11) is 0. The van der Waals surface area contributed by atoms with Crippen LogP contribution >= 0.6 is 0 Å². The van der Waals surface area contributed by atoms with E-state index >= 15 is 0 Å². The highest BCUT2D eigenvalue weighted by atomic mass is 16.6. The van der Waals surface area contributed by atoms with Gasteiger partial charge >= 0.3 is 5.97 Å². The number of epoxide rings is 1. The predicted octanol–water partition coefficient (Wildman–Crippen LogP) is 1.42. The van der Waals surface area contributed by atoms with Gasteiger partial charge in [-0.1, -0.05) is 38.2 Å². The average Bonchev–Trinajstić information content (AvgIpc) is 3.48. The Labute approximate surface area is 177 Å². The lowest BCUT2D eigenvalue weighted by atomic mass is 9.52. The molecule has 1 unspecified atom stereocenters. The molecule has 2 aliphatic heterocycles. The Kier molecular flexibility index (Phi) is 5.48. The monoisotopic (exact) mass is 420 g/mol. The highest BCUT2D eigenvalue weighted by Gasteiger charge is 2.81. The van der Waals surface area contributed by atoms with Gasteiger partial charge in [0.05, 0.1) is 37.6 Å². The third-order valence-corrected chi connectivity index (χ3v) is 8.01. The van der Waals surface area contributed by atoms with Crippen LogP contribution in [0.3, 0.4) is 0 Å². The van der Waals surface area contributed by atoms with Crippen molar-refractivity contribution in [2.45, 2.75) is 76.2 Å². The van der Waals surface area contributed by atoms with Gasteiger partial charge in [-0.05, 0) is 25.3 Å². The Hall–Kier alpha value is -1.51. The van der Waals surface area contributed by atoms with Crippen molar-refractivity contribution in [2.24, 2.45) is 10.8 Å². The van der Waals surface area contributed by atoms with Crippen molar-refractivity contribution in [1.29, 1.82) is 0 Å². The molecular formula is C23H32O7. The number of carbonyl (C=O) groups excluding carboxylic acids is 1. The van der Waals surface area contributed by atoms with Crippen molar-refractivity contribution in [3.8, 4) is 0 Å². The Morgan fingerprint density at radius 2 is 2.10 bits per heavy atom. The minimum absolute atomic E-state index is 0.0411. The normalized spacial score (nSPS) is 44.2. The summed E-state index contributed by atoms with van der Waals surface area (Å²) in [5, 5.41) is 28.4. The van der Waals surface area contributed by atoms with E-state index in [9.17, 15) is 20.1 Å². The average molecular weight is 421 g/mol. The standard InChI is InChI=1S/C23H32O7/c1-14(25)16(26)6-4-5-7-20(27)30-18-11-19-23(13-28-23)22(18,3)21(2)9-8-15(12-24)10-17(21)29-19/h4-7,10,14,16-19,24-26H,8-9,11-13H2,1-3H3/b6-4+,7-5-/t14-,16?,17+,18+,19+,21+,22+,23-/m0/s1. The summed E-state index contributed by atoms with van der Waals surface area (Å²) < 4.78 is 18.3. The molecule has 1 spiro atoms. The van der Waals surface area contributed by atoms with E-state index in [0.29, 0.717) is 13.0 Å². The number of aliphatic hydroxyl groups is 3. The summed E-state index contributed by atoms with van der Waals surface area (Å²) in [6.07, 6.45) is 7.53. The molecule has 3 N–H and O–H groups in total. The van der Waals surface area contributed by atoms with Crippen molar-refractivity contribution in [1.82, 2.24) is 0 Å². The van der Waals surface area contributed by atoms with E-state index in [-0.39, 0.29) is 30.3 Å². The molecule has 2 heterocycles. The van der Waals surface area contributed by atoms with Crippen LogP contribution in [-0.2, 0) is 19.0 Å². The second-order valence-corrected chi connectivity index (χ2v) is 9.46. The Morgan fingerprint density at radius 3 is 2.73 bits per heavy atom. The third kappa shape index (κ3) is 3.10. The van der Waals surface area contributed by atoms with Gasteiger partial charge in [0.25, 0.3) is 0 Å². The largest absolute Gasteiger partial charge is 0.458 e. The zero-order valence-electron chi connectivity index (χ0n) is 17.8. The minimum atomic E-state index is -0.984. The maximum Gasteiger partial charge on any atom is 0.331 e. The summed E-state index contributed by atoms with van der Waals surface area (Å²) in [6.45, 7) is 6.48. The molecular weight excluding hydrogens is 388 g/mol. The summed E-state index contributed by atoms with van der Waals surface area (Å²) in [5.74, 6) is -0.455. The van der Waals surface area contributed by atoms with Gasteiger partial charge in [0, 0.05) is 23.3 Å². The highest BCUT2D eigenvalue weighted by molar-refractivity contribution is 5.82. The Balaban J connectivity index is 1.52. The van der Waals surface area contributed by atoms with Crippen LogP contribution in [0.15, 0.2) is 36.0 Å². The van der Waals surface area contributed by atoms with E-state index in [1.165, 1.54) is 31.2 Å². The van der Waals surface area contributed by atoms with Crippen LogP contribution < -0.4 is 0 Å². The van der Waals surface area contributed by atoms with Crippen molar-refractivity contribution in [3.63, 3.8) is 0 Å². The number of aliphatic hydroxyl groups excluding tert-OH is 3. The van der Waals surface area contributed by atoms with Crippen LogP contribution in [0, 0.1) is 10.8 Å². The number of allylic oxidation sites excluding steroid dienone is 2. The van der Waals surface area contributed by atoms with Gasteiger partial charge in [-0.2, -0.15) is 0 Å². The number of rotatable bonds is 6. The molecule has 1 saturated carbocycles. The van der Waals surface area contributed by atoms with Gasteiger partial charge in [0.1, 0.15) is 11.7 Å². The topological polar surface area (TPSA) is 109 Å². The Bertz CT molecular complexity index is 780. The molecule has 7 nitrogen and oxygen atoms in total. The molecule has 0 aromatic carbocycles. The van der Waals surface area contributed by atoms with Crippen LogP contribution in [0.2, 0.25) is 0 Å². The number of fused-ring (bicyclic) bond motifs is 2. The summed E-state index contributed by atoms with van der Waals surface area (Å²) >= 11 is 0. The van der Waals surface area contributed by atoms with Gasteiger partial charge in [-0.25, -0.2) is 4.79 Å². The Morgan fingerprint density at radius 1 is 1.37 bits per heavy atom. The first kappa shape index (κ1) is 21.7. The van der Waals surface area contributed by atoms with E-state index < -0.39 is 29.2 Å². The molecule has 2 saturated heterocycles. The van der Waals surface area contributed by atoms with E-state index in [2.05, 4.69) is 13.8 Å². The van der Waals surface area contributed by atoms with Crippen LogP contribution in [-0.4, -0.2) is 70.6 Å². The lowest BCUT2D eigenvalue weighted by Gasteiger charge is -2.57. The van der Waals surface area contributed by atoms with E-state index in [0.717, 1.165) is 18.4 Å². The molecule has 0 aromatic heterocycles. The molecule has 0 aromatic rings. The molecule has 0 radical (unpaired) electrons. The lowest BCUT2D eigenvalue weighted by molar-refractivity contribution is -0.209. The quantitative estimate of drug-likeness (QED) is 0.196. The number of hydrogen-bond donors (Lipinski definition) is 3. The second-order valence-electron chi connectivity index (χ2n) is 9.46. The molecule has 4 rings (SSSR count). The first-order valence-electron chi connectivity index (χ1n) is 10.7. The molecule has 2 aliphatic carbocycles. The number of ether oxygens (including phenoxy) is 3. The lowest BCUT2D eigenvalue weighted by Crippen LogP contribution is -2.63. The second kappa shape index (κ2) is 7.57. The zero-order chi connectivity index (χ0) is 21.7. The fraction of sp³-hybridized carbons (Fsp3) is 0.696. The molecule has 0 amide bonds. The van der Waals surface area contributed by atoms with Gasteiger partial charge in [0.15, 0.2) is 0 Å². The number of esters is 1. The first-order chi connectivity index (χ1) is 14.2. The van der Waals surface area contributed by atoms with E-state index in [1.807, 2.05) is 6.08 Å². The van der Waals surface area contributed by atoms with Gasteiger partial charge in [0.2, 0.25) is 0 Å².